The molecular weight excluding hydrogens is 166 g/mol. The van der Waals surface area contributed by atoms with Crippen LogP contribution in [0.2, 0.25) is 0 Å². The lowest BCUT2D eigenvalue weighted by molar-refractivity contribution is -0.130. The lowest BCUT2D eigenvalue weighted by atomic mass is 10.3. The molecule has 0 aliphatic heterocycles. The molecule has 0 aromatic rings. The fourth-order valence-electron chi connectivity index (χ4n) is 0.919. The Morgan fingerprint density at radius 3 is 2.31 bits per heavy atom. The molecule has 0 aliphatic carbocycles. The molecule has 1 amide bonds. The summed E-state index contributed by atoms with van der Waals surface area (Å²) >= 11 is 0. The molecule has 0 saturated heterocycles. The van der Waals surface area contributed by atoms with Gasteiger partial charge in [0.1, 0.15) is 0 Å². The first-order chi connectivity index (χ1) is 6.07. The molecule has 0 radical (unpaired) electrons. The summed E-state index contributed by atoms with van der Waals surface area (Å²) in [6, 6.07) is 0. The number of hydrogen-bond acceptors (Lipinski definition) is 3. The molecule has 0 aliphatic rings. The molecule has 0 atom stereocenters. The van der Waals surface area contributed by atoms with E-state index in [0.717, 1.165) is 19.5 Å². The quantitative estimate of drug-likeness (QED) is 0.623. The van der Waals surface area contributed by atoms with Gasteiger partial charge < -0.3 is 15.5 Å². The number of rotatable bonds is 6. The Morgan fingerprint density at radius 2 is 1.85 bits per heavy atom. The van der Waals surface area contributed by atoms with E-state index in [9.17, 15) is 4.79 Å². The van der Waals surface area contributed by atoms with Crippen LogP contribution >= 0.6 is 0 Å². The van der Waals surface area contributed by atoms with E-state index in [0.29, 0.717) is 13.0 Å². The number of nitrogens with zero attached hydrogens (tertiary/aromatic N) is 2. The standard InChI is InChI=1S/C9H21N3O/c1-11(2)7-8-12(3)9(13)5-4-6-10/h4-8,10H2,1-3H3. The molecule has 0 heterocycles. The summed E-state index contributed by atoms with van der Waals surface area (Å²) in [7, 11) is 5.83. The number of carbonyl (C=O) groups is 1. The maximum Gasteiger partial charge on any atom is 0.222 e. The van der Waals surface area contributed by atoms with Gasteiger partial charge in [0.05, 0.1) is 0 Å². The van der Waals surface area contributed by atoms with Gasteiger partial charge in [0, 0.05) is 26.6 Å². The zero-order chi connectivity index (χ0) is 10.3. The van der Waals surface area contributed by atoms with Crippen LogP contribution in [0.25, 0.3) is 0 Å². The number of amides is 1. The predicted octanol–water partition coefficient (Wildman–Crippen LogP) is -0.255. The van der Waals surface area contributed by atoms with Crippen molar-refractivity contribution in [3.05, 3.63) is 0 Å². The second-order valence-corrected chi connectivity index (χ2v) is 3.51. The van der Waals surface area contributed by atoms with Crippen molar-refractivity contribution < 1.29 is 4.79 Å². The van der Waals surface area contributed by atoms with Crippen LogP contribution in [0.3, 0.4) is 0 Å². The maximum absolute atomic E-state index is 11.4. The molecule has 0 bridgehead atoms. The molecule has 4 heteroatoms. The van der Waals surface area contributed by atoms with Crippen molar-refractivity contribution in [2.75, 3.05) is 40.8 Å². The Labute approximate surface area is 80.7 Å². The molecular formula is C9H21N3O. The third-order valence-electron chi connectivity index (χ3n) is 1.90. The summed E-state index contributed by atoms with van der Waals surface area (Å²) in [5.74, 6) is 0.187. The highest BCUT2D eigenvalue weighted by Crippen LogP contribution is 1.94. The first-order valence-electron chi connectivity index (χ1n) is 4.66. The van der Waals surface area contributed by atoms with Crippen LogP contribution in [0, 0.1) is 0 Å². The topological polar surface area (TPSA) is 49.6 Å². The van der Waals surface area contributed by atoms with Crippen LogP contribution in [0.1, 0.15) is 12.8 Å². The monoisotopic (exact) mass is 187 g/mol. The first kappa shape index (κ1) is 12.4. The van der Waals surface area contributed by atoms with Crippen LogP contribution in [0.15, 0.2) is 0 Å². The van der Waals surface area contributed by atoms with Gasteiger partial charge in [-0.2, -0.15) is 0 Å². The highest BCUT2D eigenvalue weighted by molar-refractivity contribution is 5.75. The van der Waals surface area contributed by atoms with Crippen molar-refractivity contribution >= 4 is 5.91 Å². The minimum Gasteiger partial charge on any atom is -0.344 e. The van der Waals surface area contributed by atoms with Gasteiger partial charge in [-0.1, -0.05) is 0 Å². The van der Waals surface area contributed by atoms with E-state index in [-0.39, 0.29) is 5.91 Å². The van der Waals surface area contributed by atoms with Crippen LogP contribution in [0.5, 0.6) is 0 Å². The summed E-state index contributed by atoms with van der Waals surface area (Å²) in [5.41, 5.74) is 5.32. The predicted molar refractivity (Wildman–Crippen MR) is 54.5 cm³/mol. The van der Waals surface area contributed by atoms with E-state index >= 15 is 0 Å². The molecule has 0 saturated carbocycles. The molecule has 0 unspecified atom stereocenters. The summed E-state index contributed by atoms with van der Waals surface area (Å²) in [5, 5.41) is 0. The summed E-state index contributed by atoms with van der Waals surface area (Å²) < 4.78 is 0. The molecule has 0 rings (SSSR count). The first-order valence-corrected chi connectivity index (χ1v) is 4.66. The van der Waals surface area contributed by atoms with Crippen molar-refractivity contribution in [3.8, 4) is 0 Å². The second kappa shape index (κ2) is 6.86. The lowest BCUT2D eigenvalue weighted by Crippen LogP contribution is -2.33. The minimum absolute atomic E-state index is 0.187. The molecule has 4 nitrogen and oxygen atoms in total. The average molecular weight is 187 g/mol. The fraction of sp³-hybridized carbons (Fsp3) is 0.889. The molecule has 2 N–H and O–H groups in total. The molecule has 0 fully saturated rings. The lowest BCUT2D eigenvalue weighted by Gasteiger charge is -2.19. The van der Waals surface area contributed by atoms with E-state index in [1.165, 1.54) is 0 Å². The van der Waals surface area contributed by atoms with Gasteiger partial charge in [-0.3, -0.25) is 4.79 Å². The molecule has 0 spiro atoms. The molecule has 0 aromatic heterocycles. The van der Waals surface area contributed by atoms with Crippen molar-refractivity contribution in [3.63, 3.8) is 0 Å². The van der Waals surface area contributed by atoms with E-state index in [2.05, 4.69) is 4.90 Å². The highest BCUT2D eigenvalue weighted by atomic mass is 16.2. The SMILES string of the molecule is CN(C)CCN(C)C(=O)CCCN. The average Bonchev–Trinajstić information content (AvgIpc) is 2.10. The molecule has 78 valence electrons. The third kappa shape index (κ3) is 6.54. The largest absolute Gasteiger partial charge is 0.344 e. The van der Waals surface area contributed by atoms with Gasteiger partial charge >= 0.3 is 0 Å². The Hall–Kier alpha value is -0.610. The Balaban J connectivity index is 3.57. The highest BCUT2D eigenvalue weighted by Gasteiger charge is 2.07. The van der Waals surface area contributed by atoms with Gasteiger partial charge in [-0.05, 0) is 27.1 Å². The van der Waals surface area contributed by atoms with Crippen molar-refractivity contribution in [1.82, 2.24) is 9.80 Å². The fourth-order valence-corrected chi connectivity index (χ4v) is 0.919. The van der Waals surface area contributed by atoms with Crippen LogP contribution < -0.4 is 5.73 Å². The van der Waals surface area contributed by atoms with Gasteiger partial charge in [0.2, 0.25) is 5.91 Å². The summed E-state index contributed by atoms with van der Waals surface area (Å²) in [6.45, 7) is 2.29. The van der Waals surface area contributed by atoms with Crippen LogP contribution in [-0.2, 0) is 4.79 Å². The van der Waals surface area contributed by atoms with E-state index in [1.807, 2.05) is 21.1 Å². The number of hydrogen-bond donors (Lipinski definition) is 1. The van der Waals surface area contributed by atoms with Crippen molar-refractivity contribution in [2.45, 2.75) is 12.8 Å². The molecule has 0 aromatic carbocycles. The Kier molecular flexibility index (Phi) is 6.54. The molecule has 13 heavy (non-hydrogen) atoms. The zero-order valence-corrected chi connectivity index (χ0v) is 8.92. The van der Waals surface area contributed by atoms with Crippen LogP contribution in [-0.4, -0.2) is 56.5 Å². The normalized spacial score (nSPS) is 10.5. The van der Waals surface area contributed by atoms with Crippen molar-refractivity contribution in [1.29, 1.82) is 0 Å². The zero-order valence-electron chi connectivity index (χ0n) is 8.92. The number of likely N-dealkylation sites (N-methyl/N-ethyl adjacent to an activating group) is 2. The van der Waals surface area contributed by atoms with Gasteiger partial charge in [-0.25, -0.2) is 0 Å². The van der Waals surface area contributed by atoms with Gasteiger partial charge in [0.15, 0.2) is 0 Å². The third-order valence-corrected chi connectivity index (χ3v) is 1.90. The summed E-state index contributed by atoms with van der Waals surface area (Å²) in [6.07, 6.45) is 1.35. The maximum atomic E-state index is 11.4. The second-order valence-electron chi connectivity index (χ2n) is 3.51. The smallest absolute Gasteiger partial charge is 0.222 e. The van der Waals surface area contributed by atoms with Gasteiger partial charge in [0.25, 0.3) is 0 Å². The van der Waals surface area contributed by atoms with Gasteiger partial charge in [-0.15, -0.1) is 0 Å². The number of nitrogens with two attached hydrogens (primary N) is 1. The Bertz CT molecular complexity index is 148. The summed E-state index contributed by atoms with van der Waals surface area (Å²) in [4.78, 5) is 15.2. The van der Waals surface area contributed by atoms with E-state index in [1.54, 1.807) is 4.90 Å². The van der Waals surface area contributed by atoms with Crippen LogP contribution in [0.4, 0.5) is 0 Å². The van der Waals surface area contributed by atoms with E-state index < -0.39 is 0 Å². The van der Waals surface area contributed by atoms with Crippen molar-refractivity contribution in [2.24, 2.45) is 5.73 Å². The minimum atomic E-state index is 0.187. The van der Waals surface area contributed by atoms with E-state index in [4.69, 9.17) is 5.73 Å². The Morgan fingerprint density at radius 1 is 1.23 bits per heavy atom. The number of carbonyl (C=O) groups excluding carboxylic acids is 1.